The lowest BCUT2D eigenvalue weighted by atomic mass is 9.95. The van der Waals surface area contributed by atoms with E-state index in [2.05, 4.69) is 14.9 Å². The average Bonchev–Trinajstić information content (AvgIpc) is 3.30. The van der Waals surface area contributed by atoms with Crippen molar-refractivity contribution in [2.24, 2.45) is 5.73 Å². The first-order chi connectivity index (χ1) is 16.6. The summed E-state index contributed by atoms with van der Waals surface area (Å²) in [5.41, 5.74) is 9.35. The van der Waals surface area contributed by atoms with E-state index in [1.165, 1.54) is 19.3 Å². The number of carbonyl (C=O) groups excluding carboxylic acids is 1. The minimum atomic E-state index is -0.463. The summed E-state index contributed by atoms with van der Waals surface area (Å²) < 4.78 is 2.20. The Morgan fingerprint density at radius 3 is 2.47 bits per heavy atom. The number of fused-ring (bicyclic) bond motifs is 1. The van der Waals surface area contributed by atoms with E-state index >= 15 is 0 Å². The smallest absolute Gasteiger partial charge is 0.248 e. The standard InChI is InChI=1S/C26H28N6O2/c27-23(34)18-8-10-19(11-9-18)24-30-25(28-15-14-17-6-12-21(33)13-7-17)22-26(31-24)32(16-29-22)20-4-2-1-3-5-20/h6-13,16,20,33H,1-5,14-15H2,(H2,27,34)(H,28,30,31). The molecule has 1 aliphatic carbocycles. The molecule has 0 spiro atoms. The predicted octanol–water partition coefficient (Wildman–Crippen LogP) is 4.46. The van der Waals surface area contributed by atoms with E-state index in [4.69, 9.17) is 15.7 Å². The van der Waals surface area contributed by atoms with E-state index in [1.807, 2.05) is 30.6 Å². The van der Waals surface area contributed by atoms with Gasteiger partial charge in [0.05, 0.1) is 6.33 Å². The van der Waals surface area contributed by atoms with Crippen molar-refractivity contribution >= 4 is 22.9 Å². The molecule has 5 rings (SSSR count). The van der Waals surface area contributed by atoms with Gasteiger partial charge >= 0.3 is 0 Å². The Morgan fingerprint density at radius 1 is 1.03 bits per heavy atom. The molecule has 1 fully saturated rings. The van der Waals surface area contributed by atoms with Gasteiger partial charge in [-0.3, -0.25) is 4.79 Å². The molecule has 0 bridgehead atoms. The third-order valence-electron chi connectivity index (χ3n) is 6.46. The fraction of sp³-hybridized carbons (Fsp3) is 0.308. The fourth-order valence-corrected chi connectivity index (χ4v) is 4.57. The molecule has 2 heterocycles. The van der Waals surface area contributed by atoms with Gasteiger partial charge in [-0.05, 0) is 49.1 Å². The number of primary amides is 1. The van der Waals surface area contributed by atoms with Crippen molar-refractivity contribution in [2.45, 2.75) is 44.6 Å². The van der Waals surface area contributed by atoms with Gasteiger partial charge in [0.2, 0.25) is 5.91 Å². The molecule has 0 radical (unpaired) electrons. The Balaban J connectivity index is 1.49. The highest BCUT2D eigenvalue weighted by Crippen LogP contribution is 2.32. The number of nitrogens with zero attached hydrogens (tertiary/aromatic N) is 4. The zero-order valence-electron chi connectivity index (χ0n) is 18.9. The van der Waals surface area contributed by atoms with Crippen molar-refractivity contribution in [1.29, 1.82) is 0 Å². The Kier molecular flexibility index (Phi) is 6.12. The lowest BCUT2D eigenvalue weighted by Crippen LogP contribution is -2.13. The molecular formula is C26H28N6O2. The summed E-state index contributed by atoms with van der Waals surface area (Å²) in [5, 5.41) is 12.9. The van der Waals surface area contributed by atoms with Crippen LogP contribution in [0.3, 0.4) is 0 Å². The van der Waals surface area contributed by atoms with Gasteiger partial charge in [0.25, 0.3) is 0 Å². The molecule has 0 saturated heterocycles. The number of carbonyl (C=O) groups is 1. The number of hydrogen-bond donors (Lipinski definition) is 3. The van der Waals surface area contributed by atoms with Crippen LogP contribution in [0.25, 0.3) is 22.6 Å². The van der Waals surface area contributed by atoms with Crippen molar-refractivity contribution in [3.63, 3.8) is 0 Å². The van der Waals surface area contributed by atoms with Gasteiger partial charge in [-0.15, -0.1) is 0 Å². The molecule has 1 saturated carbocycles. The second kappa shape index (κ2) is 9.51. The number of anilines is 1. The molecule has 2 aromatic carbocycles. The molecule has 8 heteroatoms. The largest absolute Gasteiger partial charge is 0.508 e. The van der Waals surface area contributed by atoms with Crippen molar-refractivity contribution < 1.29 is 9.90 Å². The van der Waals surface area contributed by atoms with Gasteiger partial charge in [0.1, 0.15) is 11.3 Å². The summed E-state index contributed by atoms with van der Waals surface area (Å²) in [6.07, 6.45) is 8.63. The quantitative estimate of drug-likeness (QED) is 0.378. The van der Waals surface area contributed by atoms with Crippen LogP contribution in [0.4, 0.5) is 5.82 Å². The third-order valence-corrected chi connectivity index (χ3v) is 6.46. The number of aromatic hydroxyl groups is 1. The van der Waals surface area contributed by atoms with Crippen LogP contribution >= 0.6 is 0 Å². The number of amides is 1. The van der Waals surface area contributed by atoms with Gasteiger partial charge < -0.3 is 20.7 Å². The Labute approximate surface area is 197 Å². The molecular weight excluding hydrogens is 428 g/mol. The fourth-order valence-electron chi connectivity index (χ4n) is 4.57. The molecule has 34 heavy (non-hydrogen) atoms. The number of hydrogen-bond acceptors (Lipinski definition) is 6. The normalized spacial score (nSPS) is 14.4. The number of nitrogens with one attached hydrogen (secondary N) is 1. The monoisotopic (exact) mass is 456 g/mol. The third kappa shape index (κ3) is 4.57. The van der Waals surface area contributed by atoms with Crippen molar-refractivity contribution in [3.05, 3.63) is 66.0 Å². The van der Waals surface area contributed by atoms with Crippen LogP contribution in [-0.4, -0.2) is 37.1 Å². The Morgan fingerprint density at radius 2 is 1.76 bits per heavy atom. The van der Waals surface area contributed by atoms with Crippen LogP contribution in [0.1, 0.15) is 54.1 Å². The highest BCUT2D eigenvalue weighted by Gasteiger charge is 2.21. The van der Waals surface area contributed by atoms with Gasteiger partial charge in [-0.25, -0.2) is 15.0 Å². The highest BCUT2D eigenvalue weighted by molar-refractivity contribution is 5.93. The lowest BCUT2D eigenvalue weighted by molar-refractivity contribution is 0.100. The van der Waals surface area contributed by atoms with E-state index in [9.17, 15) is 9.90 Å². The molecule has 8 nitrogen and oxygen atoms in total. The number of rotatable bonds is 7. The zero-order chi connectivity index (χ0) is 23.5. The summed E-state index contributed by atoms with van der Waals surface area (Å²) in [5.74, 6) is 1.06. The van der Waals surface area contributed by atoms with E-state index < -0.39 is 5.91 Å². The summed E-state index contributed by atoms with van der Waals surface area (Å²) in [6.45, 7) is 0.660. The van der Waals surface area contributed by atoms with Gasteiger partial charge in [-0.2, -0.15) is 0 Å². The SMILES string of the molecule is NC(=O)c1ccc(-c2nc(NCCc3ccc(O)cc3)c3ncn(C4CCCCC4)c3n2)cc1. The van der Waals surface area contributed by atoms with Crippen LogP contribution in [-0.2, 0) is 6.42 Å². The second-order valence-corrected chi connectivity index (χ2v) is 8.80. The number of phenolic OH excluding ortho intramolecular Hbond substituents is 1. The number of imidazole rings is 1. The Bertz CT molecular complexity index is 1290. The number of phenols is 1. The predicted molar refractivity (Wildman–Crippen MR) is 132 cm³/mol. The molecule has 1 amide bonds. The average molecular weight is 457 g/mol. The van der Waals surface area contributed by atoms with Crippen LogP contribution in [0.2, 0.25) is 0 Å². The van der Waals surface area contributed by atoms with Crippen LogP contribution in [0.15, 0.2) is 54.9 Å². The molecule has 1 aliphatic rings. The summed E-state index contributed by atoms with van der Waals surface area (Å²) in [6, 6.07) is 14.6. The summed E-state index contributed by atoms with van der Waals surface area (Å²) in [7, 11) is 0. The van der Waals surface area contributed by atoms with E-state index in [0.717, 1.165) is 41.6 Å². The zero-order valence-corrected chi connectivity index (χ0v) is 18.9. The first-order valence-corrected chi connectivity index (χ1v) is 11.7. The molecule has 0 unspecified atom stereocenters. The van der Waals surface area contributed by atoms with Gasteiger partial charge in [-0.1, -0.05) is 43.5 Å². The van der Waals surface area contributed by atoms with E-state index in [0.29, 0.717) is 29.8 Å². The van der Waals surface area contributed by atoms with Crippen molar-refractivity contribution in [3.8, 4) is 17.1 Å². The van der Waals surface area contributed by atoms with E-state index in [-0.39, 0.29) is 5.75 Å². The van der Waals surface area contributed by atoms with Gasteiger partial charge in [0, 0.05) is 23.7 Å². The summed E-state index contributed by atoms with van der Waals surface area (Å²) in [4.78, 5) is 25.8. The van der Waals surface area contributed by atoms with E-state index in [1.54, 1.807) is 24.3 Å². The van der Waals surface area contributed by atoms with Crippen molar-refractivity contribution in [2.75, 3.05) is 11.9 Å². The van der Waals surface area contributed by atoms with Crippen molar-refractivity contribution in [1.82, 2.24) is 19.5 Å². The first-order valence-electron chi connectivity index (χ1n) is 11.7. The first kappa shape index (κ1) is 21.9. The maximum Gasteiger partial charge on any atom is 0.248 e. The number of nitrogens with two attached hydrogens (primary N) is 1. The molecule has 4 N–H and O–H groups in total. The summed E-state index contributed by atoms with van der Waals surface area (Å²) >= 11 is 0. The molecule has 0 aliphatic heterocycles. The number of aromatic nitrogens is 4. The topological polar surface area (TPSA) is 119 Å². The minimum Gasteiger partial charge on any atom is -0.508 e. The maximum absolute atomic E-state index is 11.5. The molecule has 4 aromatic rings. The lowest BCUT2D eigenvalue weighted by Gasteiger charge is -2.23. The second-order valence-electron chi connectivity index (χ2n) is 8.80. The maximum atomic E-state index is 11.5. The van der Waals surface area contributed by atoms with Crippen LogP contribution in [0, 0.1) is 0 Å². The molecule has 174 valence electrons. The minimum absolute atomic E-state index is 0.259. The molecule has 0 atom stereocenters. The Hall–Kier alpha value is -3.94. The molecule has 2 aromatic heterocycles. The highest BCUT2D eigenvalue weighted by atomic mass is 16.3. The van der Waals surface area contributed by atoms with Crippen LogP contribution < -0.4 is 11.1 Å². The number of benzene rings is 2. The van der Waals surface area contributed by atoms with Gasteiger partial charge in [0.15, 0.2) is 17.3 Å². The van der Waals surface area contributed by atoms with Crippen LogP contribution in [0.5, 0.6) is 5.75 Å².